The molecule has 0 aromatic heterocycles. The molecule has 1 rings (SSSR count). The second kappa shape index (κ2) is 11.9. The van der Waals surface area contributed by atoms with Crippen LogP contribution < -0.4 is 10.6 Å². The van der Waals surface area contributed by atoms with Crippen molar-refractivity contribution < 1.29 is 4.79 Å². The number of likely N-dealkylation sites (N-methyl/N-ethyl adjacent to an activating group) is 1. The third-order valence-corrected chi connectivity index (χ3v) is 4.70. The van der Waals surface area contributed by atoms with Crippen LogP contribution in [0.1, 0.15) is 48.0 Å². The summed E-state index contributed by atoms with van der Waals surface area (Å²) in [4.78, 5) is 21.8. The van der Waals surface area contributed by atoms with Gasteiger partial charge in [-0.15, -0.1) is 24.0 Å². The lowest BCUT2D eigenvalue weighted by molar-refractivity contribution is -0.128. The molecule has 1 amide bonds. The number of guanidine groups is 1. The fraction of sp³-hybridized carbons (Fsp3) is 0.889. The molecule has 2 N–H and O–H groups in total. The lowest BCUT2D eigenvalue weighted by atomic mass is 9.92. The number of nitrogens with one attached hydrogen (secondary N) is 2. The minimum Gasteiger partial charge on any atom is -0.357 e. The smallest absolute Gasteiger partial charge is 0.227 e. The van der Waals surface area contributed by atoms with Gasteiger partial charge >= 0.3 is 0 Å². The number of rotatable bonds is 8. The van der Waals surface area contributed by atoms with Crippen molar-refractivity contribution in [2.75, 3.05) is 45.8 Å². The first kappa shape index (κ1) is 24.4. The van der Waals surface area contributed by atoms with Crippen molar-refractivity contribution in [2.45, 2.75) is 54.0 Å². The Hall–Kier alpha value is -0.570. The number of hydrogen-bond donors (Lipinski definition) is 2. The Morgan fingerprint density at radius 1 is 1.16 bits per heavy atom. The standard InChI is InChI=1S/C18H37N5O.HI/c1-7-19-16(24)18(5,6)14-21-17(20-8-2)23-12-11-15(13-23)22(9-3)10-4;/h15H,7-14H2,1-6H3,(H,19,24)(H,20,21);1H. The Labute approximate surface area is 171 Å². The molecule has 1 atom stereocenters. The molecule has 0 bridgehead atoms. The van der Waals surface area contributed by atoms with E-state index in [1.165, 1.54) is 6.42 Å². The second-order valence-electron chi connectivity index (χ2n) is 7.02. The molecule has 6 nitrogen and oxygen atoms in total. The molecule has 1 saturated heterocycles. The summed E-state index contributed by atoms with van der Waals surface area (Å²) in [7, 11) is 0. The maximum atomic E-state index is 12.2. The number of nitrogens with zero attached hydrogens (tertiary/aromatic N) is 3. The summed E-state index contributed by atoms with van der Waals surface area (Å²) in [6.07, 6.45) is 1.17. The average molecular weight is 467 g/mol. The number of carbonyl (C=O) groups is 1. The highest BCUT2D eigenvalue weighted by molar-refractivity contribution is 14.0. The molecule has 148 valence electrons. The van der Waals surface area contributed by atoms with Crippen molar-refractivity contribution in [3.63, 3.8) is 0 Å². The number of carbonyl (C=O) groups excluding carboxylic acids is 1. The molecule has 1 unspecified atom stereocenters. The van der Waals surface area contributed by atoms with E-state index in [2.05, 4.69) is 41.2 Å². The van der Waals surface area contributed by atoms with Gasteiger partial charge in [-0.25, -0.2) is 0 Å². The molecule has 0 spiro atoms. The van der Waals surface area contributed by atoms with E-state index in [4.69, 9.17) is 4.99 Å². The number of hydrogen-bond acceptors (Lipinski definition) is 3. The fourth-order valence-electron chi connectivity index (χ4n) is 3.14. The molecular weight excluding hydrogens is 429 g/mol. The van der Waals surface area contributed by atoms with Gasteiger partial charge in [0, 0.05) is 32.2 Å². The van der Waals surface area contributed by atoms with Crippen molar-refractivity contribution in [1.82, 2.24) is 20.4 Å². The van der Waals surface area contributed by atoms with E-state index in [0.717, 1.165) is 38.7 Å². The van der Waals surface area contributed by atoms with E-state index in [1.807, 2.05) is 20.8 Å². The van der Waals surface area contributed by atoms with Gasteiger partial charge in [-0.2, -0.15) is 0 Å². The monoisotopic (exact) mass is 467 g/mol. The van der Waals surface area contributed by atoms with Crippen LogP contribution in [0.25, 0.3) is 0 Å². The molecular formula is C18H38IN5O. The lowest BCUT2D eigenvalue weighted by Gasteiger charge is -2.28. The van der Waals surface area contributed by atoms with Crippen molar-refractivity contribution in [1.29, 1.82) is 0 Å². The Bertz CT molecular complexity index is 424. The molecule has 1 heterocycles. The predicted molar refractivity (Wildman–Crippen MR) is 117 cm³/mol. The first-order chi connectivity index (χ1) is 11.4. The van der Waals surface area contributed by atoms with Gasteiger partial charge in [0.15, 0.2) is 5.96 Å². The Kier molecular flexibility index (Phi) is 11.7. The van der Waals surface area contributed by atoms with Crippen LogP contribution in [0.4, 0.5) is 0 Å². The number of halogens is 1. The fourth-order valence-corrected chi connectivity index (χ4v) is 3.14. The quantitative estimate of drug-likeness (QED) is 0.326. The van der Waals surface area contributed by atoms with Crippen LogP contribution in [0.5, 0.6) is 0 Å². The van der Waals surface area contributed by atoms with Crippen LogP contribution in [-0.2, 0) is 4.79 Å². The molecule has 0 radical (unpaired) electrons. The number of likely N-dealkylation sites (tertiary alicyclic amines) is 1. The summed E-state index contributed by atoms with van der Waals surface area (Å²) in [6.45, 7) is 18.6. The van der Waals surface area contributed by atoms with Crippen LogP contribution in [-0.4, -0.2) is 73.5 Å². The Balaban J connectivity index is 0.00000576. The normalized spacial score (nSPS) is 18.3. The van der Waals surface area contributed by atoms with E-state index in [9.17, 15) is 4.79 Å². The van der Waals surface area contributed by atoms with Gasteiger partial charge < -0.3 is 15.5 Å². The van der Waals surface area contributed by atoms with Gasteiger partial charge in [0.05, 0.1) is 12.0 Å². The van der Waals surface area contributed by atoms with Gasteiger partial charge in [-0.3, -0.25) is 14.7 Å². The molecule has 25 heavy (non-hydrogen) atoms. The average Bonchev–Trinajstić information content (AvgIpc) is 3.02. The highest BCUT2D eigenvalue weighted by atomic mass is 127. The minimum absolute atomic E-state index is 0. The third-order valence-electron chi connectivity index (χ3n) is 4.70. The summed E-state index contributed by atoms with van der Waals surface area (Å²) in [6, 6.07) is 0.597. The topological polar surface area (TPSA) is 60.0 Å². The molecule has 1 fully saturated rings. The summed E-state index contributed by atoms with van der Waals surface area (Å²) < 4.78 is 0. The zero-order chi connectivity index (χ0) is 18.2. The molecule has 0 aliphatic carbocycles. The first-order valence-electron chi connectivity index (χ1n) is 9.45. The highest BCUT2D eigenvalue weighted by Crippen LogP contribution is 2.18. The molecule has 0 aromatic carbocycles. The van der Waals surface area contributed by atoms with Gasteiger partial charge in [-0.05, 0) is 47.2 Å². The van der Waals surface area contributed by atoms with Gasteiger partial charge in [0.1, 0.15) is 0 Å². The van der Waals surface area contributed by atoms with E-state index < -0.39 is 5.41 Å². The summed E-state index contributed by atoms with van der Waals surface area (Å²) >= 11 is 0. The van der Waals surface area contributed by atoms with E-state index >= 15 is 0 Å². The van der Waals surface area contributed by atoms with Crippen LogP contribution >= 0.6 is 24.0 Å². The van der Waals surface area contributed by atoms with Gasteiger partial charge in [0.2, 0.25) is 5.91 Å². The zero-order valence-electron chi connectivity index (χ0n) is 16.9. The Morgan fingerprint density at radius 3 is 2.28 bits per heavy atom. The molecule has 7 heteroatoms. The first-order valence-corrected chi connectivity index (χ1v) is 9.45. The molecule has 1 aliphatic rings. The van der Waals surface area contributed by atoms with Crippen LogP contribution in [0.15, 0.2) is 4.99 Å². The maximum absolute atomic E-state index is 12.2. The largest absolute Gasteiger partial charge is 0.357 e. The summed E-state index contributed by atoms with van der Waals surface area (Å²) in [5.41, 5.74) is -0.491. The zero-order valence-corrected chi connectivity index (χ0v) is 19.2. The van der Waals surface area contributed by atoms with Crippen LogP contribution in [0.3, 0.4) is 0 Å². The lowest BCUT2D eigenvalue weighted by Crippen LogP contribution is -2.44. The molecule has 0 aromatic rings. The second-order valence-corrected chi connectivity index (χ2v) is 7.02. The van der Waals surface area contributed by atoms with Crippen molar-refractivity contribution in [2.24, 2.45) is 10.4 Å². The van der Waals surface area contributed by atoms with Crippen molar-refractivity contribution >= 4 is 35.8 Å². The summed E-state index contributed by atoms with van der Waals surface area (Å²) in [5, 5.41) is 6.29. The molecule has 0 saturated carbocycles. The van der Waals surface area contributed by atoms with Crippen LogP contribution in [0.2, 0.25) is 0 Å². The van der Waals surface area contributed by atoms with E-state index in [-0.39, 0.29) is 29.9 Å². The summed E-state index contributed by atoms with van der Waals surface area (Å²) in [5.74, 6) is 0.997. The van der Waals surface area contributed by atoms with Gasteiger partial charge in [0.25, 0.3) is 0 Å². The Morgan fingerprint density at radius 2 is 1.76 bits per heavy atom. The van der Waals surface area contributed by atoms with Crippen molar-refractivity contribution in [3.8, 4) is 0 Å². The predicted octanol–water partition coefficient (Wildman–Crippen LogP) is 2.15. The number of aliphatic imine (C=N–C) groups is 1. The SMILES string of the molecule is CCNC(=O)C(C)(C)CN=C(NCC)N1CCC(N(CC)CC)C1.I. The van der Waals surface area contributed by atoms with Crippen LogP contribution in [0, 0.1) is 5.41 Å². The van der Waals surface area contributed by atoms with Gasteiger partial charge in [-0.1, -0.05) is 13.8 Å². The minimum atomic E-state index is -0.491. The van der Waals surface area contributed by atoms with Crippen molar-refractivity contribution in [3.05, 3.63) is 0 Å². The highest BCUT2D eigenvalue weighted by Gasteiger charge is 2.30. The van der Waals surface area contributed by atoms with E-state index in [1.54, 1.807) is 0 Å². The number of amides is 1. The third kappa shape index (κ3) is 7.29. The maximum Gasteiger partial charge on any atom is 0.227 e. The van der Waals surface area contributed by atoms with E-state index in [0.29, 0.717) is 19.1 Å². The molecule has 1 aliphatic heterocycles.